The summed E-state index contributed by atoms with van der Waals surface area (Å²) in [6.45, 7) is 3.95. The highest BCUT2D eigenvalue weighted by Gasteiger charge is 2.24. The zero-order valence-corrected chi connectivity index (χ0v) is 15.4. The van der Waals surface area contributed by atoms with E-state index in [0.717, 1.165) is 18.2 Å². The van der Waals surface area contributed by atoms with Gasteiger partial charge in [-0.25, -0.2) is 0 Å². The van der Waals surface area contributed by atoms with Gasteiger partial charge >= 0.3 is 0 Å². The summed E-state index contributed by atoms with van der Waals surface area (Å²) in [4.78, 5) is 0. The molecule has 0 spiro atoms. The summed E-state index contributed by atoms with van der Waals surface area (Å²) in [5.74, 6) is 1.73. The predicted molar refractivity (Wildman–Crippen MR) is 105 cm³/mol. The molecule has 25 heavy (non-hydrogen) atoms. The van der Waals surface area contributed by atoms with Gasteiger partial charge in [0.1, 0.15) is 12.4 Å². The zero-order valence-electron chi connectivity index (χ0n) is 15.4. The van der Waals surface area contributed by atoms with Crippen LogP contribution in [0, 0.1) is 5.92 Å². The van der Waals surface area contributed by atoms with Gasteiger partial charge in [-0.2, -0.15) is 0 Å². The summed E-state index contributed by atoms with van der Waals surface area (Å²) in [6, 6.07) is 19.5. The van der Waals surface area contributed by atoms with Crippen molar-refractivity contribution in [2.75, 3.05) is 6.54 Å². The van der Waals surface area contributed by atoms with Crippen LogP contribution in [0.1, 0.15) is 62.6 Å². The number of hydrogen-bond acceptors (Lipinski definition) is 2. The molecule has 2 heteroatoms. The first-order valence-corrected chi connectivity index (χ1v) is 9.87. The third-order valence-electron chi connectivity index (χ3n) is 5.20. The van der Waals surface area contributed by atoms with Crippen LogP contribution in [0.3, 0.4) is 0 Å². The largest absolute Gasteiger partial charge is 0.489 e. The fraction of sp³-hybridized carbons (Fsp3) is 0.478. The van der Waals surface area contributed by atoms with Gasteiger partial charge in [0, 0.05) is 6.04 Å². The third-order valence-corrected chi connectivity index (χ3v) is 5.20. The molecular weight excluding hydrogens is 306 g/mol. The van der Waals surface area contributed by atoms with Crippen LogP contribution in [0.2, 0.25) is 0 Å². The monoisotopic (exact) mass is 337 g/mol. The molecule has 0 saturated heterocycles. The lowest BCUT2D eigenvalue weighted by Crippen LogP contribution is -2.30. The van der Waals surface area contributed by atoms with E-state index in [9.17, 15) is 0 Å². The molecule has 134 valence electrons. The summed E-state index contributed by atoms with van der Waals surface area (Å²) in [5, 5.41) is 3.80. The molecule has 2 aromatic carbocycles. The van der Waals surface area contributed by atoms with Crippen LogP contribution < -0.4 is 10.1 Å². The van der Waals surface area contributed by atoms with E-state index in [1.165, 1.54) is 49.7 Å². The second-order valence-corrected chi connectivity index (χ2v) is 7.18. The van der Waals surface area contributed by atoms with E-state index in [-0.39, 0.29) is 0 Å². The van der Waals surface area contributed by atoms with Gasteiger partial charge in [-0.1, -0.05) is 68.7 Å². The normalized spacial score (nSPS) is 16.5. The molecular formula is C23H31NO. The van der Waals surface area contributed by atoms with Gasteiger partial charge in [-0.05, 0) is 55.0 Å². The minimum atomic E-state index is 0.459. The maximum Gasteiger partial charge on any atom is 0.120 e. The highest BCUT2D eigenvalue weighted by Crippen LogP contribution is 2.35. The molecule has 0 heterocycles. The van der Waals surface area contributed by atoms with Crippen molar-refractivity contribution in [2.24, 2.45) is 5.92 Å². The summed E-state index contributed by atoms with van der Waals surface area (Å²) in [7, 11) is 0. The maximum absolute atomic E-state index is 6.05. The van der Waals surface area contributed by atoms with E-state index in [4.69, 9.17) is 4.74 Å². The van der Waals surface area contributed by atoms with Crippen molar-refractivity contribution < 1.29 is 4.74 Å². The lowest BCUT2D eigenvalue weighted by Gasteiger charge is -2.31. The topological polar surface area (TPSA) is 21.3 Å². The minimum Gasteiger partial charge on any atom is -0.489 e. The van der Waals surface area contributed by atoms with E-state index in [1.54, 1.807) is 0 Å². The molecule has 3 rings (SSSR count). The Balaban J connectivity index is 1.70. The van der Waals surface area contributed by atoms with Crippen molar-refractivity contribution in [1.29, 1.82) is 0 Å². The molecule has 2 nitrogen and oxygen atoms in total. The van der Waals surface area contributed by atoms with Gasteiger partial charge < -0.3 is 10.1 Å². The van der Waals surface area contributed by atoms with Gasteiger partial charge in [0.25, 0.3) is 0 Å². The van der Waals surface area contributed by atoms with Crippen molar-refractivity contribution >= 4 is 0 Å². The average molecular weight is 338 g/mol. The van der Waals surface area contributed by atoms with E-state index in [1.807, 2.05) is 6.07 Å². The van der Waals surface area contributed by atoms with Gasteiger partial charge in [0.15, 0.2) is 0 Å². The summed E-state index contributed by atoms with van der Waals surface area (Å²) >= 11 is 0. The first-order chi connectivity index (χ1) is 12.4. The minimum absolute atomic E-state index is 0.459. The molecule has 1 aliphatic rings. The molecule has 0 radical (unpaired) electrons. The van der Waals surface area contributed by atoms with E-state index in [2.05, 4.69) is 60.8 Å². The Morgan fingerprint density at radius 1 is 1.00 bits per heavy atom. The Kier molecular flexibility index (Phi) is 6.93. The second-order valence-electron chi connectivity index (χ2n) is 7.18. The van der Waals surface area contributed by atoms with Crippen molar-refractivity contribution in [1.82, 2.24) is 5.32 Å². The van der Waals surface area contributed by atoms with Gasteiger partial charge in [0.2, 0.25) is 0 Å². The van der Waals surface area contributed by atoms with Crippen molar-refractivity contribution in [3.8, 4) is 5.75 Å². The summed E-state index contributed by atoms with van der Waals surface area (Å²) < 4.78 is 6.05. The second kappa shape index (κ2) is 9.62. The van der Waals surface area contributed by atoms with E-state index >= 15 is 0 Å². The molecule has 0 amide bonds. The Bertz CT molecular complexity index is 619. The smallest absolute Gasteiger partial charge is 0.120 e. The number of ether oxygens (including phenoxy) is 1. The third kappa shape index (κ3) is 5.34. The number of rotatable bonds is 8. The zero-order chi connectivity index (χ0) is 17.3. The van der Waals surface area contributed by atoms with E-state index in [0.29, 0.717) is 12.6 Å². The molecule has 0 aromatic heterocycles. The Morgan fingerprint density at radius 3 is 2.56 bits per heavy atom. The van der Waals surface area contributed by atoms with Crippen LogP contribution in [-0.2, 0) is 6.61 Å². The quantitative estimate of drug-likeness (QED) is 0.649. The lowest BCUT2D eigenvalue weighted by molar-refractivity contribution is 0.269. The van der Waals surface area contributed by atoms with Gasteiger partial charge in [-0.3, -0.25) is 0 Å². The fourth-order valence-corrected chi connectivity index (χ4v) is 3.86. The standard InChI is InChI=1S/C23H31NO/c1-2-16-24-23(20-12-7-4-8-13-20)21-14-9-15-22(17-21)25-18-19-10-5-3-6-11-19/h3,5-6,9-11,14-15,17,20,23-24H,2,4,7-8,12-13,16,18H2,1H3. The molecule has 1 atom stereocenters. The average Bonchev–Trinajstić information content (AvgIpc) is 2.69. The fourth-order valence-electron chi connectivity index (χ4n) is 3.86. The number of hydrogen-bond donors (Lipinski definition) is 1. The summed E-state index contributed by atoms with van der Waals surface area (Å²) in [6.07, 6.45) is 8.01. The maximum atomic E-state index is 6.05. The molecule has 0 aliphatic heterocycles. The van der Waals surface area contributed by atoms with Crippen LogP contribution in [0.5, 0.6) is 5.75 Å². The molecule has 1 saturated carbocycles. The van der Waals surface area contributed by atoms with Crippen LogP contribution in [0.15, 0.2) is 54.6 Å². The lowest BCUT2D eigenvalue weighted by atomic mass is 9.81. The van der Waals surface area contributed by atoms with Crippen molar-refractivity contribution in [3.63, 3.8) is 0 Å². The highest BCUT2D eigenvalue weighted by molar-refractivity contribution is 5.31. The van der Waals surface area contributed by atoms with Crippen molar-refractivity contribution in [3.05, 3.63) is 65.7 Å². The molecule has 2 aromatic rings. The Morgan fingerprint density at radius 2 is 1.80 bits per heavy atom. The first kappa shape index (κ1) is 18.0. The Hall–Kier alpha value is -1.80. The number of benzene rings is 2. The van der Waals surface area contributed by atoms with Crippen LogP contribution in [0.25, 0.3) is 0 Å². The molecule has 1 N–H and O–H groups in total. The van der Waals surface area contributed by atoms with Gasteiger partial charge in [0.05, 0.1) is 0 Å². The predicted octanol–water partition coefficient (Wildman–Crippen LogP) is 5.89. The van der Waals surface area contributed by atoms with Crippen molar-refractivity contribution in [2.45, 2.75) is 58.1 Å². The molecule has 1 aliphatic carbocycles. The molecule has 1 fully saturated rings. The molecule has 1 unspecified atom stereocenters. The SMILES string of the molecule is CCCNC(c1cccc(OCc2ccccc2)c1)C1CCCCC1. The van der Waals surface area contributed by atoms with Gasteiger partial charge in [-0.15, -0.1) is 0 Å². The Labute approximate surface area is 152 Å². The van der Waals surface area contributed by atoms with Crippen LogP contribution >= 0.6 is 0 Å². The van der Waals surface area contributed by atoms with Crippen LogP contribution in [0.4, 0.5) is 0 Å². The number of nitrogens with one attached hydrogen (secondary N) is 1. The van der Waals surface area contributed by atoms with E-state index < -0.39 is 0 Å². The summed E-state index contributed by atoms with van der Waals surface area (Å²) in [5.41, 5.74) is 2.59. The highest BCUT2D eigenvalue weighted by atomic mass is 16.5. The first-order valence-electron chi connectivity index (χ1n) is 9.87. The van der Waals surface area contributed by atoms with Crippen LogP contribution in [-0.4, -0.2) is 6.54 Å². The molecule has 0 bridgehead atoms.